The summed E-state index contributed by atoms with van der Waals surface area (Å²) in [6.45, 7) is 1.59. The Morgan fingerprint density at radius 1 is 1.04 bits per heavy atom. The van der Waals surface area contributed by atoms with Crippen LogP contribution in [0.15, 0.2) is 73.0 Å². The summed E-state index contributed by atoms with van der Waals surface area (Å²) in [5.41, 5.74) is 0.908. The molecule has 0 heterocycles. The number of esters is 1. The van der Waals surface area contributed by atoms with Crippen molar-refractivity contribution in [2.45, 2.75) is 18.3 Å². The van der Waals surface area contributed by atoms with Crippen LogP contribution < -0.4 is 4.46 Å². The van der Waals surface area contributed by atoms with Gasteiger partial charge >= 0.3 is 160 Å². The standard InChI is InChI=1S/C21H22O4Se/c1-16(22)19(15-26-18-11-7-4-8-12-18)21(17-9-5-3-6-10-17)25-14-13-20(23)24-2/h3-14,19,21H,15H2,1-2H3/b14-13+/t19-,21-/m0/s1. The van der Waals surface area contributed by atoms with Gasteiger partial charge in [-0.25, -0.2) is 0 Å². The third-order valence-corrected chi connectivity index (χ3v) is 6.19. The van der Waals surface area contributed by atoms with Gasteiger partial charge in [0.25, 0.3) is 0 Å². The van der Waals surface area contributed by atoms with E-state index in [1.807, 2.05) is 48.5 Å². The number of Topliss-reactive ketones (excluding diaryl/α,β-unsaturated/α-hetero) is 1. The van der Waals surface area contributed by atoms with Crippen LogP contribution in [-0.2, 0) is 19.1 Å². The number of methoxy groups -OCH3 is 1. The van der Waals surface area contributed by atoms with E-state index in [4.69, 9.17) is 4.74 Å². The Bertz CT molecular complexity index is 728. The van der Waals surface area contributed by atoms with Gasteiger partial charge in [0.05, 0.1) is 0 Å². The molecule has 0 aliphatic carbocycles. The van der Waals surface area contributed by atoms with E-state index in [2.05, 4.69) is 16.9 Å². The minimum atomic E-state index is -0.496. The van der Waals surface area contributed by atoms with Crippen molar-refractivity contribution in [2.24, 2.45) is 5.92 Å². The van der Waals surface area contributed by atoms with Crippen LogP contribution >= 0.6 is 0 Å². The van der Waals surface area contributed by atoms with Crippen LogP contribution in [0.3, 0.4) is 0 Å². The number of ketones is 1. The summed E-state index contributed by atoms with van der Waals surface area (Å²) in [6, 6.07) is 19.7. The summed E-state index contributed by atoms with van der Waals surface area (Å²) in [7, 11) is 1.31. The van der Waals surface area contributed by atoms with Crippen LogP contribution in [0.4, 0.5) is 0 Å². The predicted molar refractivity (Wildman–Crippen MR) is 102 cm³/mol. The van der Waals surface area contributed by atoms with Crippen LogP contribution in [0.25, 0.3) is 0 Å². The molecule has 26 heavy (non-hydrogen) atoms. The van der Waals surface area contributed by atoms with Crippen molar-refractivity contribution in [3.63, 3.8) is 0 Å². The van der Waals surface area contributed by atoms with Crippen LogP contribution in [-0.4, -0.2) is 33.8 Å². The van der Waals surface area contributed by atoms with Crippen LogP contribution in [0.1, 0.15) is 18.6 Å². The van der Waals surface area contributed by atoms with Crippen LogP contribution in [0, 0.1) is 5.92 Å². The average Bonchev–Trinajstić information content (AvgIpc) is 2.67. The molecule has 0 bridgehead atoms. The number of ether oxygens (including phenoxy) is 2. The fourth-order valence-corrected chi connectivity index (χ4v) is 4.79. The molecular formula is C21H22O4Se. The molecule has 0 spiro atoms. The molecule has 5 heteroatoms. The zero-order chi connectivity index (χ0) is 18.8. The fourth-order valence-electron chi connectivity index (χ4n) is 2.42. The van der Waals surface area contributed by atoms with E-state index >= 15 is 0 Å². The molecule has 0 saturated heterocycles. The van der Waals surface area contributed by atoms with E-state index in [1.54, 1.807) is 6.92 Å². The zero-order valence-electron chi connectivity index (χ0n) is 14.8. The van der Waals surface area contributed by atoms with Crippen molar-refractivity contribution in [3.05, 3.63) is 78.6 Å². The SMILES string of the molecule is COC(=O)/C=C/O[C@@H](c1ccccc1)[C@@H](C[Se]c1ccccc1)C(C)=O. The normalized spacial score (nSPS) is 13.2. The van der Waals surface area contributed by atoms with E-state index in [-0.39, 0.29) is 26.7 Å². The second-order valence-corrected chi connectivity index (χ2v) is 7.93. The van der Waals surface area contributed by atoms with Gasteiger partial charge in [-0.2, -0.15) is 0 Å². The van der Waals surface area contributed by atoms with Gasteiger partial charge in [0, 0.05) is 0 Å². The Kier molecular flexibility index (Phi) is 8.13. The molecule has 0 aliphatic heterocycles. The van der Waals surface area contributed by atoms with Crippen molar-refractivity contribution in [3.8, 4) is 0 Å². The van der Waals surface area contributed by atoms with E-state index in [1.165, 1.54) is 23.9 Å². The third-order valence-electron chi connectivity index (χ3n) is 3.82. The van der Waals surface area contributed by atoms with Crippen molar-refractivity contribution < 1.29 is 19.1 Å². The summed E-state index contributed by atoms with van der Waals surface area (Å²) < 4.78 is 11.6. The number of hydrogen-bond acceptors (Lipinski definition) is 4. The van der Waals surface area contributed by atoms with Gasteiger partial charge < -0.3 is 0 Å². The molecule has 2 aromatic carbocycles. The molecule has 0 N–H and O–H groups in total. The second kappa shape index (κ2) is 10.6. The number of hydrogen-bond donors (Lipinski definition) is 0. The Balaban J connectivity index is 2.19. The molecule has 0 fully saturated rings. The van der Waals surface area contributed by atoms with E-state index in [9.17, 15) is 9.59 Å². The molecule has 2 rings (SSSR count). The zero-order valence-corrected chi connectivity index (χ0v) is 16.5. The first-order valence-corrected chi connectivity index (χ1v) is 10.3. The van der Waals surface area contributed by atoms with Gasteiger partial charge in [-0.3, -0.25) is 0 Å². The van der Waals surface area contributed by atoms with Crippen molar-refractivity contribution >= 4 is 31.2 Å². The average molecular weight is 417 g/mol. The van der Waals surface area contributed by atoms with Gasteiger partial charge in [-0.15, -0.1) is 0 Å². The van der Waals surface area contributed by atoms with E-state index in [0.717, 1.165) is 10.9 Å². The van der Waals surface area contributed by atoms with Gasteiger partial charge in [-0.1, -0.05) is 0 Å². The molecule has 0 unspecified atom stereocenters. The summed E-state index contributed by atoms with van der Waals surface area (Å²) in [6.07, 6.45) is 2.09. The fraction of sp³-hybridized carbons (Fsp3) is 0.238. The molecule has 0 aromatic heterocycles. The Morgan fingerprint density at radius 3 is 2.23 bits per heavy atom. The van der Waals surface area contributed by atoms with Crippen LogP contribution in [0.5, 0.6) is 0 Å². The molecule has 2 atom stereocenters. The Labute approximate surface area is 160 Å². The van der Waals surface area contributed by atoms with Crippen molar-refractivity contribution in [1.82, 2.24) is 0 Å². The monoisotopic (exact) mass is 418 g/mol. The predicted octanol–water partition coefficient (Wildman–Crippen LogP) is 3.08. The maximum atomic E-state index is 12.3. The summed E-state index contributed by atoms with van der Waals surface area (Å²) >= 11 is 0.153. The quantitative estimate of drug-likeness (QED) is 0.272. The van der Waals surface area contributed by atoms with Crippen molar-refractivity contribution in [2.75, 3.05) is 7.11 Å². The first-order valence-electron chi connectivity index (χ1n) is 8.25. The molecule has 0 radical (unpaired) electrons. The summed E-state index contributed by atoms with van der Waals surface area (Å²) in [5.74, 6) is -0.715. The first-order chi connectivity index (χ1) is 12.6. The molecule has 4 nitrogen and oxygen atoms in total. The molecule has 2 aromatic rings. The minimum absolute atomic E-state index is 0.0723. The Hall–Kier alpha value is -2.36. The maximum absolute atomic E-state index is 12.3. The van der Waals surface area contributed by atoms with Gasteiger partial charge in [0.15, 0.2) is 0 Å². The van der Waals surface area contributed by atoms with Crippen LogP contribution in [0.2, 0.25) is 5.32 Å². The first kappa shape index (κ1) is 20.0. The molecule has 0 aliphatic rings. The molecule has 0 saturated carbocycles. The molecular weight excluding hydrogens is 395 g/mol. The van der Waals surface area contributed by atoms with Crippen molar-refractivity contribution in [1.29, 1.82) is 0 Å². The second-order valence-electron chi connectivity index (χ2n) is 5.63. The molecule has 136 valence electrons. The Morgan fingerprint density at radius 2 is 1.65 bits per heavy atom. The molecule has 0 amide bonds. The van der Waals surface area contributed by atoms with Gasteiger partial charge in [0.1, 0.15) is 0 Å². The van der Waals surface area contributed by atoms with Gasteiger partial charge in [-0.05, 0) is 0 Å². The summed E-state index contributed by atoms with van der Waals surface area (Å²) in [4.78, 5) is 23.6. The van der Waals surface area contributed by atoms with Gasteiger partial charge in [0.2, 0.25) is 0 Å². The number of carbonyl (C=O) groups is 2. The third kappa shape index (κ3) is 6.17. The topological polar surface area (TPSA) is 52.6 Å². The number of benzene rings is 2. The number of carbonyl (C=O) groups excluding carboxylic acids is 2. The summed E-state index contributed by atoms with van der Waals surface area (Å²) in [5, 5.41) is 0.720. The number of rotatable bonds is 9. The van der Waals surface area contributed by atoms with E-state index < -0.39 is 12.1 Å². The van der Waals surface area contributed by atoms with E-state index in [0.29, 0.717) is 0 Å².